The van der Waals surface area contributed by atoms with E-state index in [1.165, 1.54) is 19.3 Å². The van der Waals surface area contributed by atoms with Crippen LogP contribution in [0.3, 0.4) is 0 Å². The van der Waals surface area contributed by atoms with Gasteiger partial charge < -0.3 is 24.4 Å². The van der Waals surface area contributed by atoms with Crippen LogP contribution in [-0.2, 0) is 4.79 Å². The molecule has 24 heavy (non-hydrogen) atoms. The molecule has 0 radical (unpaired) electrons. The summed E-state index contributed by atoms with van der Waals surface area (Å²) in [6, 6.07) is 9.64. The zero-order valence-corrected chi connectivity index (χ0v) is 13.0. The van der Waals surface area contributed by atoms with Crippen molar-refractivity contribution in [2.45, 2.75) is 0 Å². The summed E-state index contributed by atoms with van der Waals surface area (Å²) in [5, 5.41) is 19.2. The largest absolute Gasteiger partial charge is 0.504 e. The maximum absolute atomic E-state index is 11.7. The van der Waals surface area contributed by atoms with Crippen molar-refractivity contribution in [1.29, 1.82) is 0 Å². The molecule has 2 N–H and O–H groups in total. The molecule has 0 amide bonds. The number of phenols is 1. The van der Waals surface area contributed by atoms with Crippen LogP contribution in [-0.4, -0.2) is 36.5 Å². The second kappa shape index (κ2) is 6.54. The first-order valence-electron chi connectivity index (χ1n) is 7.30. The van der Waals surface area contributed by atoms with Gasteiger partial charge in [-0.1, -0.05) is 12.1 Å². The number of carboxylic acid groups (broad SMARTS) is 1. The van der Waals surface area contributed by atoms with Crippen LogP contribution >= 0.6 is 0 Å². The highest BCUT2D eigenvalue weighted by molar-refractivity contribution is 6.20. The number of methoxy groups -OCH3 is 1. The van der Waals surface area contributed by atoms with E-state index < -0.39 is 5.97 Å². The summed E-state index contributed by atoms with van der Waals surface area (Å²) in [4.78, 5) is 11.7. The molecule has 1 aliphatic rings. The molecule has 0 atom stereocenters. The SMILES string of the molecule is COc1cc(/C=C(\C(=O)O)c2ccc3c(c2)OCCO3)ccc1O. The Labute approximate surface area is 138 Å². The van der Waals surface area contributed by atoms with Gasteiger partial charge in [0, 0.05) is 0 Å². The molecule has 124 valence electrons. The summed E-state index contributed by atoms with van der Waals surface area (Å²) in [5.41, 5.74) is 1.19. The number of hydrogen-bond donors (Lipinski definition) is 2. The number of hydrogen-bond acceptors (Lipinski definition) is 5. The molecule has 0 saturated carbocycles. The van der Waals surface area contributed by atoms with Gasteiger partial charge in [-0.2, -0.15) is 0 Å². The monoisotopic (exact) mass is 328 g/mol. The van der Waals surface area contributed by atoms with Crippen LogP contribution in [0.1, 0.15) is 11.1 Å². The second-order valence-electron chi connectivity index (χ2n) is 5.15. The highest BCUT2D eigenvalue weighted by atomic mass is 16.6. The Morgan fingerprint density at radius 2 is 1.88 bits per heavy atom. The molecule has 1 heterocycles. The van der Waals surface area contributed by atoms with Crippen molar-refractivity contribution in [3.63, 3.8) is 0 Å². The minimum absolute atomic E-state index is 0.00847. The molecule has 0 fully saturated rings. The quantitative estimate of drug-likeness (QED) is 0.663. The summed E-state index contributed by atoms with van der Waals surface area (Å²) in [6.45, 7) is 0.902. The summed E-state index contributed by atoms with van der Waals surface area (Å²) >= 11 is 0. The second-order valence-corrected chi connectivity index (χ2v) is 5.15. The standard InChI is InChI=1S/C18H16O6/c1-22-16-9-11(2-4-14(16)19)8-13(18(20)21)12-3-5-15-17(10-12)24-7-6-23-15/h2-5,8-10,19H,6-7H2,1H3,(H,20,21)/b13-8-. The van der Waals surface area contributed by atoms with Crippen LogP contribution in [0.5, 0.6) is 23.0 Å². The Hall–Kier alpha value is -3.15. The fraction of sp³-hybridized carbons (Fsp3) is 0.167. The maximum atomic E-state index is 11.7. The molecule has 0 spiro atoms. The van der Waals surface area contributed by atoms with E-state index in [9.17, 15) is 15.0 Å². The van der Waals surface area contributed by atoms with E-state index in [2.05, 4.69) is 0 Å². The molecular weight excluding hydrogens is 312 g/mol. The molecule has 0 aliphatic carbocycles. The molecule has 2 aromatic carbocycles. The molecule has 1 aliphatic heterocycles. The molecule has 0 bridgehead atoms. The van der Waals surface area contributed by atoms with Gasteiger partial charge in [-0.05, 0) is 41.5 Å². The number of rotatable bonds is 4. The van der Waals surface area contributed by atoms with Crippen molar-refractivity contribution in [3.05, 3.63) is 47.5 Å². The Kier molecular flexibility index (Phi) is 4.29. The minimum atomic E-state index is -1.07. The predicted octanol–water partition coefficient (Wildman–Crippen LogP) is 2.80. The lowest BCUT2D eigenvalue weighted by molar-refractivity contribution is -0.130. The summed E-state index contributed by atoms with van der Waals surface area (Å²) in [5.74, 6) is 0.315. The van der Waals surface area contributed by atoms with E-state index in [1.54, 1.807) is 30.3 Å². The van der Waals surface area contributed by atoms with Gasteiger partial charge in [0.2, 0.25) is 0 Å². The third kappa shape index (κ3) is 3.12. The Morgan fingerprint density at radius 3 is 2.58 bits per heavy atom. The van der Waals surface area contributed by atoms with E-state index in [4.69, 9.17) is 14.2 Å². The number of benzene rings is 2. The van der Waals surface area contributed by atoms with Gasteiger partial charge in [-0.3, -0.25) is 0 Å². The number of carbonyl (C=O) groups is 1. The van der Waals surface area contributed by atoms with Crippen molar-refractivity contribution in [2.75, 3.05) is 20.3 Å². The first-order chi connectivity index (χ1) is 11.6. The molecule has 2 aromatic rings. The first kappa shape index (κ1) is 15.7. The average Bonchev–Trinajstić information content (AvgIpc) is 2.60. The van der Waals surface area contributed by atoms with Gasteiger partial charge >= 0.3 is 5.97 Å². The minimum Gasteiger partial charge on any atom is -0.504 e. The third-order valence-corrected chi connectivity index (χ3v) is 3.60. The molecule has 6 heteroatoms. The van der Waals surface area contributed by atoms with Gasteiger partial charge in [-0.25, -0.2) is 4.79 Å². The number of phenolic OH excluding ortho intramolecular Hbond substituents is 1. The summed E-state index contributed by atoms with van der Waals surface area (Å²) in [6.07, 6.45) is 1.51. The van der Waals surface area contributed by atoms with Gasteiger partial charge in [0.25, 0.3) is 0 Å². The first-order valence-corrected chi connectivity index (χ1v) is 7.30. The molecular formula is C18H16O6. The summed E-state index contributed by atoms with van der Waals surface area (Å²) in [7, 11) is 1.43. The van der Waals surface area contributed by atoms with Gasteiger partial charge in [-0.15, -0.1) is 0 Å². The molecule has 0 saturated heterocycles. The fourth-order valence-electron chi connectivity index (χ4n) is 2.43. The number of carboxylic acids is 1. The zero-order valence-electron chi connectivity index (χ0n) is 13.0. The Balaban J connectivity index is 2.02. The number of fused-ring (bicyclic) bond motifs is 1. The van der Waals surface area contributed by atoms with Gasteiger partial charge in [0.05, 0.1) is 12.7 Å². The summed E-state index contributed by atoms with van der Waals surface area (Å²) < 4.78 is 16.0. The van der Waals surface area contributed by atoms with Crippen LogP contribution < -0.4 is 14.2 Å². The van der Waals surface area contributed by atoms with Gasteiger partial charge in [0.15, 0.2) is 23.0 Å². The van der Waals surface area contributed by atoms with Crippen molar-refractivity contribution in [2.24, 2.45) is 0 Å². The van der Waals surface area contributed by atoms with E-state index >= 15 is 0 Å². The molecule has 3 rings (SSSR count). The number of ether oxygens (including phenoxy) is 3. The van der Waals surface area contributed by atoms with Crippen LogP contribution in [0.25, 0.3) is 11.6 Å². The molecule has 0 unspecified atom stereocenters. The predicted molar refractivity (Wildman–Crippen MR) is 87.6 cm³/mol. The zero-order chi connectivity index (χ0) is 17.1. The van der Waals surface area contributed by atoms with Crippen molar-refractivity contribution in [3.8, 4) is 23.0 Å². The Bertz CT molecular complexity index is 809. The lowest BCUT2D eigenvalue weighted by Gasteiger charge is -2.19. The van der Waals surface area contributed by atoms with Crippen LogP contribution in [0, 0.1) is 0 Å². The molecule has 6 nitrogen and oxygen atoms in total. The maximum Gasteiger partial charge on any atom is 0.336 e. The number of aliphatic carboxylic acids is 1. The lowest BCUT2D eigenvalue weighted by Crippen LogP contribution is -2.15. The third-order valence-electron chi connectivity index (χ3n) is 3.60. The number of aromatic hydroxyl groups is 1. The van der Waals surface area contributed by atoms with E-state index in [1.807, 2.05) is 0 Å². The topological polar surface area (TPSA) is 85.2 Å². The van der Waals surface area contributed by atoms with Crippen molar-refractivity contribution in [1.82, 2.24) is 0 Å². The van der Waals surface area contributed by atoms with Crippen LogP contribution in [0.15, 0.2) is 36.4 Å². The highest BCUT2D eigenvalue weighted by Gasteiger charge is 2.17. The fourth-order valence-corrected chi connectivity index (χ4v) is 2.43. The average molecular weight is 328 g/mol. The highest BCUT2D eigenvalue weighted by Crippen LogP contribution is 2.34. The lowest BCUT2D eigenvalue weighted by atomic mass is 10.0. The Morgan fingerprint density at radius 1 is 1.12 bits per heavy atom. The van der Waals surface area contributed by atoms with Gasteiger partial charge in [0.1, 0.15) is 13.2 Å². The normalized spacial score (nSPS) is 13.5. The van der Waals surface area contributed by atoms with E-state index in [0.717, 1.165) is 0 Å². The van der Waals surface area contributed by atoms with E-state index in [-0.39, 0.29) is 17.1 Å². The smallest absolute Gasteiger partial charge is 0.336 e. The van der Waals surface area contributed by atoms with Crippen molar-refractivity contribution < 1.29 is 29.2 Å². The van der Waals surface area contributed by atoms with Crippen LogP contribution in [0.4, 0.5) is 0 Å². The van der Waals surface area contributed by atoms with Crippen molar-refractivity contribution >= 4 is 17.6 Å². The van der Waals surface area contributed by atoms with Crippen LogP contribution in [0.2, 0.25) is 0 Å². The molecule has 0 aromatic heterocycles. The van der Waals surface area contributed by atoms with E-state index in [0.29, 0.717) is 35.8 Å².